The van der Waals surface area contributed by atoms with E-state index in [0.717, 1.165) is 17.7 Å². The number of hydrogen-bond acceptors (Lipinski definition) is 5. The van der Waals surface area contributed by atoms with E-state index in [1.165, 1.54) is 20.1 Å². The van der Waals surface area contributed by atoms with Gasteiger partial charge < -0.3 is 15.0 Å². The Bertz CT molecular complexity index is 1170. The monoisotopic (exact) mass is 427 g/mol. The van der Waals surface area contributed by atoms with Crippen molar-refractivity contribution in [1.29, 1.82) is 0 Å². The largest absolute Gasteiger partial charge is 0.465 e. The number of ketones is 1. The maximum Gasteiger partial charge on any atom is 0.337 e. The minimum Gasteiger partial charge on any atom is -0.465 e. The number of carbonyl (C=O) groups is 3. The number of halogens is 1. The second-order valence-electron chi connectivity index (χ2n) is 6.94. The molecule has 0 atom stereocenters. The van der Waals surface area contributed by atoms with E-state index in [1.807, 2.05) is 11.5 Å². The Balaban J connectivity index is 2.22. The summed E-state index contributed by atoms with van der Waals surface area (Å²) in [4.78, 5) is 40.3. The second kappa shape index (κ2) is 8.67. The Hall–Kier alpha value is -3.19. The van der Waals surface area contributed by atoms with E-state index in [2.05, 4.69) is 4.98 Å². The molecule has 156 valence electrons. The molecule has 1 aromatic carbocycles. The number of amides is 1. The summed E-state index contributed by atoms with van der Waals surface area (Å²) in [5.74, 6) is -1.21. The Morgan fingerprint density at radius 1 is 1.20 bits per heavy atom. The molecular weight excluding hydrogens is 406 g/mol. The summed E-state index contributed by atoms with van der Waals surface area (Å²) >= 11 is 6.43. The van der Waals surface area contributed by atoms with E-state index in [0.29, 0.717) is 40.1 Å². The van der Waals surface area contributed by atoms with Gasteiger partial charge in [0.2, 0.25) is 0 Å². The molecule has 7 nitrogen and oxygen atoms in total. The average Bonchev–Trinajstić information content (AvgIpc) is 3.01. The lowest BCUT2D eigenvalue weighted by atomic mass is 10.1. The summed E-state index contributed by atoms with van der Waals surface area (Å²) in [6.07, 6.45) is 1.46. The van der Waals surface area contributed by atoms with Crippen molar-refractivity contribution in [2.24, 2.45) is 5.73 Å². The van der Waals surface area contributed by atoms with Gasteiger partial charge >= 0.3 is 5.97 Å². The van der Waals surface area contributed by atoms with Crippen molar-refractivity contribution >= 4 is 40.3 Å². The van der Waals surface area contributed by atoms with Gasteiger partial charge in [0, 0.05) is 21.7 Å². The number of ether oxygens (including phenoxy) is 1. The van der Waals surface area contributed by atoms with E-state index in [4.69, 9.17) is 22.1 Å². The highest BCUT2D eigenvalue weighted by molar-refractivity contribution is 6.31. The fourth-order valence-corrected chi connectivity index (χ4v) is 3.80. The third-order valence-corrected chi connectivity index (χ3v) is 5.26. The molecule has 0 aliphatic heterocycles. The van der Waals surface area contributed by atoms with Gasteiger partial charge in [-0.1, -0.05) is 31.0 Å². The van der Waals surface area contributed by atoms with Gasteiger partial charge in [-0.3, -0.25) is 9.59 Å². The van der Waals surface area contributed by atoms with Crippen molar-refractivity contribution in [3.8, 4) is 0 Å². The molecule has 2 aromatic heterocycles. The Morgan fingerprint density at radius 2 is 1.93 bits per heavy atom. The number of nitrogens with two attached hydrogens (primary N) is 1. The molecule has 8 heteroatoms. The number of rotatable bonds is 7. The first-order chi connectivity index (χ1) is 14.3. The van der Waals surface area contributed by atoms with Gasteiger partial charge in [-0.25, -0.2) is 9.78 Å². The maximum atomic E-state index is 12.4. The van der Waals surface area contributed by atoms with E-state index in [1.54, 1.807) is 24.3 Å². The molecule has 0 saturated heterocycles. The highest BCUT2D eigenvalue weighted by Gasteiger charge is 2.22. The Labute approximate surface area is 178 Å². The van der Waals surface area contributed by atoms with Crippen LogP contribution >= 0.6 is 11.6 Å². The zero-order chi connectivity index (χ0) is 22.0. The van der Waals surface area contributed by atoms with E-state index >= 15 is 0 Å². The molecule has 0 saturated carbocycles. The lowest BCUT2D eigenvalue weighted by Gasteiger charge is -2.13. The van der Waals surface area contributed by atoms with Crippen molar-refractivity contribution < 1.29 is 19.1 Å². The van der Waals surface area contributed by atoms with Gasteiger partial charge in [0.15, 0.2) is 5.78 Å². The first kappa shape index (κ1) is 21.5. The van der Waals surface area contributed by atoms with Crippen LogP contribution in [0.15, 0.2) is 30.3 Å². The molecule has 0 spiro atoms. The number of pyridine rings is 1. The highest BCUT2D eigenvalue weighted by Crippen LogP contribution is 2.30. The van der Waals surface area contributed by atoms with Gasteiger partial charge in [0.05, 0.1) is 19.2 Å². The fourth-order valence-electron chi connectivity index (χ4n) is 3.56. The van der Waals surface area contributed by atoms with Crippen LogP contribution in [0, 0.1) is 0 Å². The predicted octanol–water partition coefficient (Wildman–Crippen LogP) is 3.78. The number of fused-ring (bicyclic) bond motifs is 1. The normalized spacial score (nSPS) is 10.9. The molecule has 3 aromatic rings. The third-order valence-electron chi connectivity index (χ3n) is 4.91. The Morgan fingerprint density at radius 3 is 2.50 bits per heavy atom. The van der Waals surface area contributed by atoms with Crippen molar-refractivity contribution in [1.82, 2.24) is 9.55 Å². The zero-order valence-corrected chi connectivity index (χ0v) is 17.7. The van der Waals surface area contributed by atoms with Gasteiger partial charge in [-0.2, -0.15) is 0 Å². The van der Waals surface area contributed by atoms with Crippen molar-refractivity contribution in [3.63, 3.8) is 0 Å². The number of esters is 1. The maximum absolute atomic E-state index is 12.4. The van der Waals surface area contributed by atoms with Gasteiger partial charge in [0.25, 0.3) is 5.91 Å². The van der Waals surface area contributed by atoms with E-state index < -0.39 is 11.9 Å². The number of methoxy groups -OCH3 is 1. The molecular formula is C22H22ClN3O4. The lowest BCUT2D eigenvalue weighted by Crippen LogP contribution is -2.14. The van der Waals surface area contributed by atoms with Crippen LogP contribution in [0.5, 0.6) is 0 Å². The molecule has 3 rings (SSSR count). The highest BCUT2D eigenvalue weighted by atomic mass is 35.5. The Kier molecular flexibility index (Phi) is 6.22. The second-order valence-corrected chi connectivity index (χ2v) is 7.35. The number of primary amides is 1. The summed E-state index contributed by atoms with van der Waals surface area (Å²) in [6, 6.07) is 8.14. The molecule has 0 unspecified atom stereocenters. The van der Waals surface area contributed by atoms with Crippen LogP contribution in [0.3, 0.4) is 0 Å². The van der Waals surface area contributed by atoms with Gasteiger partial charge in [-0.15, -0.1) is 0 Å². The number of Topliss-reactive ketones (excluding diaryl/α,β-unsaturated/α-hetero) is 1. The SMILES string of the molecule is CCCc1c(C(C)=O)c2ccc(C(N)=O)nc2n1Cc1ccc(C(=O)OC)cc1Cl. The molecule has 0 radical (unpaired) electrons. The molecule has 2 N–H and O–H groups in total. The van der Waals surface area contributed by atoms with Crippen LogP contribution in [0.25, 0.3) is 11.0 Å². The lowest BCUT2D eigenvalue weighted by molar-refractivity contribution is 0.0600. The quantitative estimate of drug-likeness (QED) is 0.456. The fraction of sp³-hybridized carbons (Fsp3) is 0.273. The smallest absolute Gasteiger partial charge is 0.337 e. The molecule has 0 fully saturated rings. The molecule has 30 heavy (non-hydrogen) atoms. The van der Waals surface area contributed by atoms with Crippen LogP contribution < -0.4 is 5.73 Å². The van der Waals surface area contributed by atoms with E-state index in [-0.39, 0.29) is 11.5 Å². The number of aromatic nitrogens is 2. The zero-order valence-electron chi connectivity index (χ0n) is 17.0. The standard InChI is InChI=1S/C22H22ClN3O4/c1-4-5-18-19(12(2)27)15-8-9-17(20(24)28)25-21(15)26(18)11-14-7-6-13(10-16(14)23)22(29)30-3/h6-10H,4-5,11H2,1-3H3,(H2,24,28). The molecule has 1 amide bonds. The van der Waals surface area contributed by atoms with Crippen molar-refractivity contribution in [2.75, 3.05) is 7.11 Å². The number of benzene rings is 1. The topological polar surface area (TPSA) is 104 Å². The van der Waals surface area contributed by atoms with Crippen LogP contribution in [-0.4, -0.2) is 34.3 Å². The van der Waals surface area contributed by atoms with E-state index in [9.17, 15) is 14.4 Å². The summed E-state index contributed by atoms with van der Waals surface area (Å²) < 4.78 is 6.62. The van der Waals surface area contributed by atoms with Crippen LogP contribution in [-0.2, 0) is 17.7 Å². The first-order valence-corrected chi connectivity index (χ1v) is 9.85. The van der Waals surface area contributed by atoms with Gasteiger partial charge in [0.1, 0.15) is 11.3 Å². The molecule has 0 aliphatic rings. The van der Waals surface area contributed by atoms with Crippen molar-refractivity contribution in [3.05, 3.63) is 63.4 Å². The van der Waals surface area contributed by atoms with Crippen molar-refractivity contribution in [2.45, 2.75) is 33.2 Å². The molecule has 0 aliphatic carbocycles. The molecule has 0 bridgehead atoms. The number of hydrogen-bond donors (Lipinski definition) is 1. The number of nitrogens with zero attached hydrogens (tertiary/aromatic N) is 2. The minimum atomic E-state index is -0.647. The summed E-state index contributed by atoms with van der Waals surface area (Å²) in [6.45, 7) is 3.85. The molecule has 2 heterocycles. The van der Waals surface area contributed by atoms with Crippen LogP contribution in [0.2, 0.25) is 5.02 Å². The van der Waals surface area contributed by atoms with Crippen LogP contribution in [0.4, 0.5) is 0 Å². The summed E-state index contributed by atoms with van der Waals surface area (Å²) in [7, 11) is 1.30. The summed E-state index contributed by atoms with van der Waals surface area (Å²) in [5, 5.41) is 1.05. The first-order valence-electron chi connectivity index (χ1n) is 9.48. The predicted molar refractivity (Wildman–Crippen MR) is 114 cm³/mol. The minimum absolute atomic E-state index is 0.0806. The van der Waals surface area contributed by atoms with Gasteiger partial charge in [-0.05, 0) is 43.2 Å². The number of carbonyl (C=O) groups excluding carboxylic acids is 3. The van der Waals surface area contributed by atoms with Crippen LogP contribution in [0.1, 0.15) is 62.7 Å². The summed E-state index contributed by atoms with van der Waals surface area (Å²) in [5.41, 5.74) is 8.50. The average molecular weight is 428 g/mol. The third kappa shape index (κ3) is 3.93.